The van der Waals surface area contributed by atoms with Gasteiger partial charge >= 0.3 is 0 Å². The van der Waals surface area contributed by atoms with Gasteiger partial charge in [0.05, 0.1) is 6.61 Å². The Balaban J connectivity index is 1.96. The molecule has 0 atom stereocenters. The quantitative estimate of drug-likeness (QED) is 0.752. The molecule has 0 spiro atoms. The number of carbonyl (C=O) groups is 1. The molecule has 0 bridgehead atoms. The Labute approximate surface area is 126 Å². The summed E-state index contributed by atoms with van der Waals surface area (Å²) in [7, 11) is 1.64. The zero-order valence-electron chi connectivity index (χ0n) is 11.1. The van der Waals surface area contributed by atoms with Crippen molar-refractivity contribution in [3.8, 4) is 5.75 Å². The van der Waals surface area contributed by atoms with Gasteiger partial charge in [0.15, 0.2) is 12.4 Å². The first-order valence-electron chi connectivity index (χ1n) is 6.18. The summed E-state index contributed by atoms with van der Waals surface area (Å²) in [5, 5.41) is 0. The molecule has 0 aliphatic rings. The SMILES string of the molecule is COCc1cccc(OCC(=O)c2ccc(Br)cc2)c1. The Bertz CT molecular complexity index is 579. The predicted molar refractivity (Wildman–Crippen MR) is 81.1 cm³/mol. The van der Waals surface area contributed by atoms with Crippen molar-refractivity contribution in [2.75, 3.05) is 13.7 Å². The van der Waals surface area contributed by atoms with Crippen LogP contribution in [0.2, 0.25) is 0 Å². The maximum Gasteiger partial charge on any atom is 0.200 e. The smallest absolute Gasteiger partial charge is 0.200 e. The molecular weight excluding hydrogens is 320 g/mol. The second kappa shape index (κ2) is 7.22. The van der Waals surface area contributed by atoms with Gasteiger partial charge in [0.25, 0.3) is 0 Å². The number of Topliss-reactive ketones (excluding diaryl/α,β-unsaturated/α-hetero) is 1. The van der Waals surface area contributed by atoms with Gasteiger partial charge in [0.2, 0.25) is 0 Å². The molecule has 0 aliphatic heterocycles. The predicted octanol–water partition coefficient (Wildman–Crippen LogP) is 3.86. The van der Waals surface area contributed by atoms with Gasteiger partial charge in [0.1, 0.15) is 5.75 Å². The van der Waals surface area contributed by atoms with Gasteiger partial charge in [-0.25, -0.2) is 0 Å². The molecule has 4 heteroatoms. The van der Waals surface area contributed by atoms with Crippen LogP contribution in [0.3, 0.4) is 0 Å². The average molecular weight is 335 g/mol. The molecule has 0 unspecified atom stereocenters. The van der Waals surface area contributed by atoms with Crippen LogP contribution in [0, 0.1) is 0 Å². The number of ether oxygens (including phenoxy) is 2. The highest BCUT2D eigenvalue weighted by molar-refractivity contribution is 9.10. The molecule has 104 valence electrons. The van der Waals surface area contributed by atoms with E-state index in [1.807, 2.05) is 36.4 Å². The minimum Gasteiger partial charge on any atom is -0.485 e. The van der Waals surface area contributed by atoms with E-state index in [4.69, 9.17) is 9.47 Å². The highest BCUT2D eigenvalue weighted by atomic mass is 79.9. The van der Waals surface area contributed by atoms with Crippen LogP contribution in [0.15, 0.2) is 53.0 Å². The summed E-state index contributed by atoms with van der Waals surface area (Å²) in [6.45, 7) is 0.552. The first kappa shape index (κ1) is 14.8. The molecule has 0 amide bonds. The molecule has 0 heterocycles. The van der Waals surface area contributed by atoms with Gasteiger partial charge in [-0.15, -0.1) is 0 Å². The number of rotatable bonds is 6. The van der Waals surface area contributed by atoms with Gasteiger partial charge in [-0.2, -0.15) is 0 Å². The first-order valence-corrected chi connectivity index (χ1v) is 6.98. The van der Waals surface area contributed by atoms with Gasteiger partial charge in [-0.1, -0.05) is 40.2 Å². The molecule has 2 aromatic rings. The van der Waals surface area contributed by atoms with Crippen molar-refractivity contribution >= 4 is 21.7 Å². The zero-order valence-corrected chi connectivity index (χ0v) is 12.7. The summed E-state index contributed by atoms with van der Waals surface area (Å²) in [4.78, 5) is 12.0. The molecule has 0 saturated carbocycles. The van der Waals surface area contributed by atoms with E-state index < -0.39 is 0 Å². The third-order valence-electron chi connectivity index (χ3n) is 2.75. The minimum atomic E-state index is -0.0466. The van der Waals surface area contributed by atoms with Crippen LogP contribution in [0.1, 0.15) is 15.9 Å². The van der Waals surface area contributed by atoms with Gasteiger partial charge < -0.3 is 9.47 Å². The highest BCUT2D eigenvalue weighted by Gasteiger charge is 2.07. The van der Waals surface area contributed by atoms with Crippen LogP contribution in [-0.2, 0) is 11.3 Å². The van der Waals surface area contributed by atoms with Gasteiger partial charge in [-0.3, -0.25) is 4.79 Å². The highest BCUT2D eigenvalue weighted by Crippen LogP contribution is 2.15. The Hall–Kier alpha value is -1.65. The molecule has 0 N–H and O–H groups in total. The number of hydrogen-bond acceptors (Lipinski definition) is 3. The lowest BCUT2D eigenvalue weighted by atomic mass is 10.1. The molecule has 20 heavy (non-hydrogen) atoms. The van der Waals surface area contributed by atoms with Crippen LogP contribution in [0.25, 0.3) is 0 Å². The number of halogens is 1. The molecular formula is C16H15BrO3. The normalized spacial score (nSPS) is 10.3. The fraction of sp³-hybridized carbons (Fsp3) is 0.188. The van der Waals surface area contributed by atoms with Crippen molar-refractivity contribution in [2.24, 2.45) is 0 Å². The van der Waals surface area contributed by atoms with E-state index in [1.54, 1.807) is 19.2 Å². The molecule has 0 radical (unpaired) electrons. The largest absolute Gasteiger partial charge is 0.485 e. The van der Waals surface area contributed by atoms with Crippen molar-refractivity contribution in [2.45, 2.75) is 6.61 Å². The van der Waals surface area contributed by atoms with E-state index >= 15 is 0 Å². The van der Waals surface area contributed by atoms with E-state index in [0.717, 1.165) is 10.0 Å². The summed E-state index contributed by atoms with van der Waals surface area (Å²) < 4.78 is 11.5. The summed E-state index contributed by atoms with van der Waals surface area (Å²) in [5.74, 6) is 0.625. The van der Waals surface area contributed by atoms with E-state index in [2.05, 4.69) is 15.9 Å². The third kappa shape index (κ3) is 4.18. The van der Waals surface area contributed by atoms with Crippen LogP contribution in [0.4, 0.5) is 0 Å². The van der Waals surface area contributed by atoms with Crippen LogP contribution in [-0.4, -0.2) is 19.5 Å². The number of methoxy groups -OCH3 is 1. The van der Waals surface area contributed by atoms with E-state index in [0.29, 0.717) is 17.9 Å². The summed E-state index contributed by atoms with van der Waals surface area (Å²) in [6, 6.07) is 14.8. The fourth-order valence-electron chi connectivity index (χ4n) is 1.76. The lowest BCUT2D eigenvalue weighted by Gasteiger charge is -2.07. The van der Waals surface area contributed by atoms with Gasteiger partial charge in [-0.05, 0) is 29.8 Å². The van der Waals surface area contributed by atoms with Crippen molar-refractivity contribution < 1.29 is 14.3 Å². The molecule has 3 nitrogen and oxygen atoms in total. The lowest BCUT2D eigenvalue weighted by molar-refractivity contribution is 0.0921. The van der Waals surface area contributed by atoms with E-state index in [9.17, 15) is 4.79 Å². The zero-order chi connectivity index (χ0) is 14.4. The average Bonchev–Trinajstić information content (AvgIpc) is 2.46. The second-order valence-electron chi connectivity index (χ2n) is 4.30. The van der Waals surface area contributed by atoms with E-state index in [1.165, 1.54) is 0 Å². The molecule has 0 aromatic heterocycles. The standard InChI is InChI=1S/C16H15BrO3/c1-19-10-12-3-2-4-15(9-12)20-11-16(18)13-5-7-14(17)8-6-13/h2-9H,10-11H2,1H3. The number of benzene rings is 2. The van der Waals surface area contributed by atoms with E-state index in [-0.39, 0.29) is 12.4 Å². The Morgan fingerprint density at radius 2 is 1.90 bits per heavy atom. The Morgan fingerprint density at radius 1 is 1.15 bits per heavy atom. The lowest BCUT2D eigenvalue weighted by Crippen LogP contribution is -2.11. The number of ketones is 1. The van der Waals surface area contributed by atoms with Crippen LogP contribution < -0.4 is 4.74 Å². The minimum absolute atomic E-state index is 0.0259. The van der Waals surface area contributed by atoms with Gasteiger partial charge in [0, 0.05) is 17.1 Å². The molecule has 0 fully saturated rings. The fourth-order valence-corrected chi connectivity index (χ4v) is 2.02. The van der Waals surface area contributed by atoms with Crippen molar-refractivity contribution in [3.05, 3.63) is 64.1 Å². The number of hydrogen-bond donors (Lipinski definition) is 0. The first-order chi connectivity index (χ1) is 9.69. The molecule has 0 aliphatic carbocycles. The third-order valence-corrected chi connectivity index (χ3v) is 3.27. The molecule has 2 rings (SSSR count). The molecule has 0 saturated heterocycles. The maximum absolute atomic E-state index is 12.0. The van der Waals surface area contributed by atoms with Crippen molar-refractivity contribution in [1.29, 1.82) is 0 Å². The summed E-state index contributed by atoms with van der Waals surface area (Å²) in [5.41, 5.74) is 1.65. The van der Waals surface area contributed by atoms with Crippen LogP contribution >= 0.6 is 15.9 Å². The monoisotopic (exact) mass is 334 g/mol. The maximum atomic E-state index is 12.0. The Morgan fingerprint density at radius 3 is 2.60 bits per heavy atom. The van der Waals surface area contributed by atoms with Crippen molar-refractivity contribution in [3.63, 3.8) is 0 Å². The topological polar surface area (TPSA) is 35.5 Å². The van der Waals surface area contributed by atoms with Crippen molar-refractivity contribution in [1.82, 2.24) is 0 Å². The number of carbonyl (C=O) groups excluding carboxylic acids is 1. The van der Waals surface area contributed by atoms with Crippen LogP contribution in [0.5, 0.6) is 5.75 Å². The Kier molecular flexibility index (Phi) is 5.32. The second-order valence-corrected chi connectivity index (χ2v) is 5.21. The summed E-state index contributed by atoms with van der Waals surface area (Å²) in [6.07, 6.45) is 0. The molecule has 2 aromatic carbocycles. The summed E-state index contributed by atoms with van der Waals surface area (Å²) >= 11 is 3.34.